The van der Waals surface area contributed by atoms with Gasteiger partial charge in [-0.15, -0.1) is 0 Å². The molecule has 0 bridgehead atoms. The van der Waals surface area contributed by atoms with Gasteiger partial charge in [0.05, 0.1) is 23.6 Å². The van der Waals surface area contributed by atoms with E-state index < -0.39 is 0 Å². The van der Waals surface area contributed by atoms with Crippen molar-refractivity contribution >= 4 is 16.9 Å². The van der Waals surface area contributed by atoms with E-state index in [1.54, 1.807) is 6.07 Å². The Balaban J connectivity index is 1.54. The van der Waals surface area contributed by atoms with Crippen LogP contribution >= 0.6 is 0 Å². The van der Waals surface area contributed by atoms with Crippen molar-refractivity contribution in [1.29, 1.82) is 0 Å². The van der Waals surface area contributed by atoms with Crippen molar-refractivity contribution in [2.24, 2.45) is 0 Å². The number of hydrogen-bond donors (Lipinski definition) is 2. The molecule has 1 aliphatic heterocycles. The van der Waals surface area contributed by atoms with Crippen LogP contribution in [0.3, 0.4) is 0 Å². The van der Waals surface area contributed by atoms with Gasteiger partial charge in [0.25, 0.3) is 5.56 Å². The van der Waals surface area contributed by atoms with Crippen LogP contribution in [0.1, 0.15) is 26.7 Å². The highest BCUT2D eigenvalue weighted by molar-refractivity contribution is 5.78. The van der Waals surface area contributed by atoms with Gasteiger partial charge in [0.1, 0.15) is 0 Å². The van der Waals surface area contributed by atoms with Gasteiger partial charge in [-0.1, -0.05) is 12.1 Å². The molecular formula is C18H26N4O2. The first kappa shape index (κ1) is 16.9. The quantitative estimate of drug-likeness (QED) is 0.850. The largest absolute Gasteiger partial charge is 0.377 e. The zero-order chi connectivity index (χ0) is 16.9. The second kappa shape index (κ2) is 7.77. The lowest BCUT2D eigenvalue weighted by Crippen LogP contribution is -2.41. The summed E-state index contributed by atoms with van der Waals surface area (Å²) < 4.78 is 5.61. The minimum atomic E-state index is -0.0913. The van der Waals surface area contributed by atoms with Crippen LogP contribution in [-0.4, -0.2) is 53.3 Å². The number of likely N-dealkylation sites (tertiary alicyclic amines) is 1. The first-order chi connectivity index (χ1) is 11.6. The first-order valence-electron chi connectivity index (χ1n) is 8.71. The molecule has 1 aromatic heterocycles. The molecule has 1 aromatic carbocycles. The molecule has 0 amide bonds. The van der Waals surface area contributed by atoms with Gasteiger partial charge in [-0.05, 0) is 38.8 Å². The third kappa shape index (κ3) is 4.33. The zero-order valence-corrected chi connectivity index (χ0v) is 14.4. The summed E-state index contributed by atoms with van der Waals surface area (Å²) in [6.07, 6.45) is 2.37. The molecule has 1 saturated heterocycles. The number of aromatic amines is 1. The van der Waals surface area contributed by atoms with Crippen LogP contribution in [0.15, 0.2) is 29.1 Å². The minimum Gasteiger partial charge on any atom is -0.377 e. The third-order valence-corrected chi connectivity index (χ3v) is 4.40. The van der Waals surface area contributed by atoms with Crippen molar-refractivity contribution in [1.82, 2.24) is 14.9 Å². The summed E-state index contributed by atoms with van der Waals surface area (Å²) in [6.45, 7) is 7.97. The molecule has 1 aliphatic rings. The van der Waals surface area contributed by atoms with E-state index in [2.05, 4.69) is 34.0 Å². The second-order valence-corrected chi connectivity index (χ2v) is 6.61. The van der Waals surface area contributed by atoms with Gasteiger partial charge in [0, 0.05) is 25.7 Å². The number of rotatable bonds is 6. The Morgan fingerprint density at radius 2 is 2.08 bits per heavy atom. The summed E-state index contributed by atoms with van der Waals surface area (Å²) in [7, 11) is 0. The molecule has 0 radical (unpaired) electrons. The number of para-hydroxylation sites is 1. The Bertz CT molecular complexity index is 720. The number of piperidine rings is 1. The number of anilines is 1. The second-order valence-electron chi connectivity index (χ2n) is 6.61. The number of ether oxygens (including phenoxy) is 1. The molecule has 24 heavy (non-hydrogen) atoms. The van der Waals surface area contributed by atoms with E-state index >= 15 is 0 Å². The number of H-pyrrole nitrogens is 1. The molecule has 0 spiro atoms. The molecule has 0 saturated carbocycles. The van der Waals surface area contributed by atoms with Crippen LogP contribution in [0.4, 0.5) is 5.95 Å². The number of nitrogens with zero attached hydrogens (tertiary/aromatic N) is 2. The van der Waals surface area contributed by atoms with E-state index in [1.165, 1.54) is 0 Å². The van der Waals surface area contributed by atoms with Crippen molar-refractivity contribution < 1.29 is 4.74 Å². The average Bonchev–Trinajstić information content (AvgIpc) is 2.56. The monoisotopic (exact) mass is 330 g/mol. The van der Waals surface area contributed by atoms with E-state index in [9.17, 15) is 4.79 Å². The van der Waals surface area contributed by atoms with Gasteiger partial charge >= 0.3 is 0 Å². The molecule has 130 valence electrons. The Hall–Kier alpha value is -1.92. The fourth-order valence-corrected chi connectivity index (χ4v) is 3.07. The number of benzene rings is 1. The van der Waals surface area contributed by atoms with Crippen LogP contribution in [0.25, 0.3) is 10.9 Å². The Labute approximate surface area is 142 Å². The lowest BCUT2D eigenvalue weighted by atomic mass is 10.1. The van der Waals surface area contributed by atoms with E-state index in [4.69, 9.17) is 4.74 Å². The molecule has 0 aliphatic carbocycles. The molecule has 6 nitrogen and oxygen atoms in total. The van der Waals surface area contributed by atoms with E-state index in [1.807, 2.05) is 18.2 Å². The SMILES string of the molecule is CC(C)OCCN1CCC(Nc2nc3ccccc3c(=O)[nH]2)CC1. The van der Waals surface area contributed by atoms with E-state index in [-0.39, 0.29) is 5.56 Å². The summed E-state index contributed by atoms with van der Waals surface area (Å²) in [6, 6.07) is 7.76. The summed E-state index contributed by atoms with van der Waals surface area (Å²) >= 11 is 0. The zero-order valence-electron chi connectivity index (χ0n) is 14.4. The molecule has 2 N–H and O–H groups in total. The van der Waals surface area contributed by atoms with Gasteiger partial charge in [0.15, 0.2) is 0 Å². The predicted molar refractivity (Wildman–Crippen MR) is 96.5 cm³/mol. The van der Waals surface area contributed by atoms with Crippen LogP contribution < -0.4 is 10.9 Å². The topological polar surface area (TPSA) is 70.2 Å². The van der Waals surface area contributed by atoms with Crippen molar-refractivity contribution in [3.63, 3.8) is 0 Å². The fraction of sp³-hybridized carbons (Fsp3) is 0.556. The summed E-state index contributed by atoms with van der Waals surface area (Å²) in [5, 5.41) is 4.01. The highest BCUT2D eigenvalue weighted by Gasteiger charge is 2.19. The van der Waals surface area contributed by atoms with Gasteiger partial charge in [-0.25, -0.2) is 4.98 Å². The van der Waals surface area contributed by atoms with Crippen molar-refractivity contribution in [3.05, 3.63) is 34.6 Å². The van der Waals surface area contributed by atoms with Crippen LogP contribution in [-0.2, 0) is 4.74 Å². The van der Waals surface area contributed by atoms with Crippen molar-refractivity contribution in [3.8, 4) is 0 Å². The molecule has 1 fully saturated rings. The number of fused-ring (bicyclic) bond motifs is 1. The Kier molecular flexibility index (Phi) is 5.48. The minimum absolute atomic E-state index is 0.0913. The predicted octanol–water partition coefficient (Wildman–Crippen LogP) is 2.22. The first-order valence-corrected chi connectivity index (χ1v) is 8.71. The maximum absolute atomic E-state index is 12.1. The van der Waals surface area contributed by atoms with Crippen molar-refractivity contribution in [2.75, 3.05) is 31.6 Å². The molecular weight excluding hydrogens is 304 g/mol. The molecule has 2 aromatic rings. The lowest BCUT2D eigenvalue weighted by molar-refractivity contribution is 0.0543. The normalized spacial score (nSPS) is 16.8. The third-order valence-electron chi connectivity index (χ3n) is 4.40. The van der Waals surface area contributed by atoms with E-state index in [0.717, 1.165) is 44.6 Å². The van der Waals surface area contributed by atoms with Crippen LogP contribution in [0, 0.1) is 0 Å². The average molecular weight is 330 g/mol. The molecule has 3 rings (SSSR count). The smallest absolute Gasteiger partial charge is 0.260 e. The summed E-state index contributed by atoms with van der Waals surface area (Å²) in [5.74, 6) is 0.570. The summed E-state index contributed by atoms with van der Waals surface area (Å²) in [5.41, 5.74) is 0.637. The Morgan fingerprint density at radius 3 is 2.83 bits per heavy atom. The van der Waals surface area contributed by atoms with Crippen LogP contribution in [0.5, 0.6) is 0 Å². The Morgan fingerprint density at radius 1 is 1.33 bits per heavy atom. The number of nitrogens with one attached hydrogen (secondary N) is 2. The maximum atomic E-state index is 12.1. The molecule has 0 atom stereocenters. The van der Waals surface area contributed by atoms with Crippen molar-refractivity contribution in [2.45, 2.75) is 38.8 Å². The highest BCUT2D eigenvalue weighted by atomic mass is 16.5. The molecule has 6 heteroatoms. The molecule has 0 unspecified atom stereocenters. The van der Waals surface area contributed by atoms with Gasteiger partial charge in [0.2, 0.25) is 5.95 Å². The fourth-order valence-electron chi connectivity index (χ4n) is 3.07. The van der Waals surface area contributed by atoms with E-state index in [0.29, 0.717) is 23.5 Å². The maximum Gasteiger partial charge on any atom is 0.260 e. The van der Waals surface area contributed by atoms with Gasteiger partial charge < -0.3 is 15.0 Å². The molecule has 2 heterocycles. The standard InChI is InChI=1S/C18H26N4O2/c1-13(2)24-12-11-22-9-7-14(8-10-22)19-18-20-16-6-4-3-5-15(16)17(23)21-18/h3-6,13-14H,7-12H2,1-2H3,(H2,19,20,21,23). The number of aromatic nitrogens is 2. The van der Waals surface area contributed by atoms with Gasteiger partial charge in [-0.2, -0.15) is 0 Å². The highest BCUT2D eigenvalue weighted by Crippen LogP contribution is 2.15. The summed E-state index contributed by atoms with van der Waals surface area (Å²) in [4.78, 5) is 21.9. The van der Waals surface area contributed by atoms with Crippen LogP contribution in [0.2, 0.25) is 0 Å². The lowest BCUT2D eigenvalue weighted by Gasteiger charge is -2.32. The number of hydrogen-bond acceptors (Lipinski definition) is 5. The van der Waals surface area contributed by atoms with Gasteiger partial charge in [-0.3, -0.25) is 9.78 Å².